The third-order valence-corrected chi connectivity index (χ3v) is 6.18. The molecule has 2 saturated carbocycles. The van der Waals surface area contributed by atoms with E-state index in [2.05, 4.69) is 19.3 Å². The topological polar surface area (TPSA) is 21.3 Å². The fourth-order valence-corrected chi connectivity index (χ4v) is 4.88. The van der Waals surface area contributed by atoms with E-state index >= 15 is 0 Å². The van der Waals surface area contributed by atoms with Gasteiger partial charge in [0.05, 0.1) is 5.60 Å². The average molecular weight is 251 g/mol. The van der Waals surface area contributed by atoms with Crippen LogP contribution >= 0.6 is 0 Å². The molecule has 3 atom stereocenters. The lowest BCUT2D eigenvalue weighted by Crippen LogP contribution is -2.42. The normalized spacial score (nSPS) is 43.7. The first-order valence-electron chi connectivity index (χ1n) is 7.97. The molecule has 1 aliphatic heterocycles. The second kappa shape index (κ2) is 4.79. The Morgan fingerprint density at radius 3 is 2.50 bits per heavy atom. The van der Waals surface area contributed by atoms with E-state index in [0.29, 0.717) is 11.0 Å². The summed E-state index contributed by atoms with van der Waals surface area (Å²) in [5, 5.41) is 3.49. The molecule has 2 nitrogen and oxygen atoms in total. The van der Waals surface area contributed by atoms with Gasteiger partial charge >= 0.3 is 0 Å². The lowest BCUT2D eigenvalue weighted by atomic mass is 9.68. The largest absolute Gasteiger partial charge is 0.375 e. The Labute approximate surface area is 112 Å². The van der Waals surface area contributed by atoms with E-state index in [-0.39, 0.29) is 0 Å². The minimum atomic E-state index is 0.295. The summed E-state index contributed by atoms with van der Waals surface area (Å²) < 4.78 is 6.20. The van der Waals surface area contributed by atoms with Crippen LogP contribution in [0.15, 0.2) is 0 Å². The molecular weight excluding hydrogens is 222 g/mol. The maximum absolute atomic E-state index is 6.20. The van der Waals surface area contributed by atoms with Crippen molar-refractivity contribution in [1.82, 2.24) is 5.32 Å². The van der Waals surface area contributed by atoms with Crippen molar-refractivity contribution in [2.24, 2.45) is 11.3 Å². The third-order valence-electron chi connectivity index (χ3n) is 6.18. The molecule has 0 aromatic carbocycles. The summed E-state index contributed by atoms with van der Waals surface area (Å²) in [7, 11) is 2.12. The number of rotatable bonds is 2. The van der Waals surface area contributed by atoms with Gasteiger partial charge in [-0.05, 0) is 63.3 Å². The quantitative estimate of drug-likeness (QED) is 0.811. The van der Waals surface area contributed by atoms with Crippen molar-refractivity contribution in [1.29, 1.82) is 0 Å². The molecule has 0 aromatic heterocycles. The highest BCUT2D eigenvalue weighted by Crippen LogP contribution is 2.52. The fourth-order valence-electron chi connectivity index (χ4n) is 4.88. The molecule has 0 aromatic rings. The lowest BCUT2D eigenvalue weighted by Gasteiger charge is -2.45. The van der Waals surface area contributed by atoms with Crippen LogP contribution in [-0.2, 0) is 4.74 Å². The first-order chi connectivity index (χ1) is 8.66. The molecule has 1 saturated heterocycles. The summed E-state index contributed by atoms with van der Waals surface area (Å²) in [6.07, 6.45) is 12.3. The number of ether oxygens (including phenoxy) is 1. The highest BCUT2D eigenvalue weighted by Gasteiger charge is 2.47. The van der Waals surface area contributed by atoms with E-state index in [4.69, 9.17) is 4.74 Å². The van der Waals surface area contributed by atoms with E-state index in [1.807, 2.05) is 0 Å². The molecular formula is C16H29NO. The predicted molar refractivity (Wildman–Crippen MR) is 74.7 cm³/mol. The van der Waals surface area contributed by atoms with Gasteiger partial charge in [-0.25, -0.2) is 0 Å². The van der Waals surface area contributed by atoms with E-state index < -0.39 is 0 Å². The van der Waals surface area contributed by atoms with Crippen molar-refractivity contribution in [2.45, 2.75) is 76.4 Å². The molecule has 1 heterocycles. The Balaban J connectivity index is 1.68. The number of hydrogen-bond donors (Lipinski definition) is 1. The van der Waals surface area contributed by atoms with Crippen molar-refractivity contribution < 1.29 is 4.74 Å². The van der Waals surface area contributed by atoms with Crippen molar-refractivity contribution in [3.05, 3.63) is 0 Å². The summed E-state index contributed by atoms with van der Waals surface area (Å²) in [5.74, 6) is 0.905. The van der Waals surface area contributed by atoms with Crippen LogP contribution in [0.5, 0.6) is 0 Å². The summed E-state index contributed by atoms with van der Waals surface area (Å²) in [6, 6.07) is 0.761. The Kier molecular flexibility index (Phi) is 3.44. The van der Waals surface area contributed by atoms with E-state index in [9.17, 15) is 0 Å². The van der Waals surface area contributed by atoms with Crippen LogP contribution in [0.1, 0.15) is 64.7 Å². The molecule has 2 aliphatic carbocycles. The van der Waals surface area contributed by atoms with Gasteiger partial charge in [-0.1, -0.05) is 19.8 Å². The van der Waals surface area contributed by atoms with Gasteiger partial charge in [0.1, 0.15) is 0 Å². The molecule has 2 heteroatoms. The first kappa shape index (κ1) is 12.9. The summed E-state index contributed by atoms with van der Waals surface area (Å²) in [6.45, 7) is 3.56. The lowest BCUT2D eigenvalue weighted by molar-refractivity contribution is -0.113. The average Bonchev–Trinajstić information content (AvgIpc) is 2.98. The highest BCUT2D eigenvalue weighted by molar-refractivity contribution is 4.99. The van der Waals surface area contributed by atoms with Crippen LogP contribution < -0.4 is 5.32 Å². The minimum absolute atomic E-state index is 0.295. The van der Waals surface area contributed by atoms with Gasteiger partial charge in [-0.2, -0.15) is 0 Å². The van der Waals surface area contributed by atoms with Crippen LogP contribution in [-0.4, -0.2) is 25.3 Å². The van der Waals surface area contributed by atoms with Crippen LogP contribution in [0.4, 0.5) is 0 Å². The molecule has 3 aliphatic rings. The standard InChI is InChI=1S/C16H29NO/c1-15(9-5-14(12-15)17-2)13-6-10-18-16(11-13)7-3-4-8-16/h13-14,17H,3-12H2,1-2H3. The van der Waals surface area contributed by atoms with Gasteiger partial charge in [0, 0.05) is 12.6 Å². The monoisotopic (exact) mass is 251 g/mol. The van der Waals surface area contributed by atoms with Crippen LogP contribution in [0.3, 0.4) is 0 Å². The maximum atomic E-state index is 6.20. The smallest absolute Gasteiger partial charge is 0.0685 e. The van der Waals surface area contributed by atoms with Gasteiger partial charge in [0.2, 0.25) is 0 Å². The van der Waals surface area contributed by atoms with Crippen LogP contribution in [0.25, 0.3) is 0 Å². The molecule has 3 unspecified atom stereocenters. The summed E-state index contributed by atoms with van der Waals surface area (Å²) in [5.41, 5.74) is 0.872. The SMILES string of the molecule is CNC1CCC(C)(C2CCOC3(CCCC3)C2)C1. The van der Waals surface area contributed by atoms with Gasteiger partial charge in [0.15, 0.2) is 0 Å². The Bertz CT molecular complexity index is 297. The number of nitrogens with one attached hydrogen (secondary N) is 1. The van der Waals surface area contributed by atoms with Gasteiger partial charge in [0.25, 0.3) is 0 Å². The number of hydrogen-bond acceptors (Lipinski definition) is 2. The van der Waals surface area contributed by atoms with Gasteiger partial charge < -0.3 is 10.1 Å². The van der Waals surface area contributed by atoms with Crippen molar-refractivity contribution in [3.63, 3.8) is 0 Å². The molecule has 18 heavy (non-hydrogen) atoms. The van der Waals surface area contributed by atoms with E-state index in [1.54, 1.807) is 0 Å². The fraction of sp³-hybridized carbons (Fsp3) is 1.00. The Hall–Kier alpha value is -0.0800. The van der Waals surface area contributed by atoms with Gasteiger partial charge in [-0.3, -0.25) is 0 Å². The summed E-state index contributed by atoms with van der Waals surface area (Å²) in [4.78, 5) is 0. The minimum Gasteiger partial charge on any atom is -0.375 e. The second-order valence-corrected chi connectivity index (χ2v) is 7.31. The molecule has 3 fully saturated rings. The second-order valence-electron chi connectivity index (χ2n) is 7.31. The predicted octanol–water partition coefficient (Wildman–Crippen LogP) is 3.50. The van der Waals surface area contributed by atoms with Crippen molar-refractivity contribution in [2.75, 3.05) is 13.7 Å². The third kappa shape index (κ3) is 2.22. The Morgan fingerprint density at radius 1 is 1.06 bits per heavy atom. The first-order valence-corrected chi connectivity index (χ1v) is 7.97. The van der Waals surface area contributed by atoms with E-state index in [0.717, 1.165) is 18.6 Å². The van der Waals surface area contributed by atoms with Crippen LogP contribution in [0, 0.1) is 11.3 Å². The highest BCUT2D eigenvalue weighted by atomic mass is 16.5. The van der Waals surface area contributed by atoms with E-state index in [1.165, 1.54) is 57.8 Å². The molecule has 0 bridgehead atoms. The molecule has 3 rings (SSSR count). The molecule has 1 N–H and O–H groups in total. The van der Waals surface area contributed by atoms with Gasteiger partial charge in [-0.15, -0.1) is 0 Å². The van der Waals surface area contributed by atoms with Crippen molar-refractivity contribution in [3.8, 4) is 0 Å². The Morgan fingerprint density at radius 2 is 1.83 bits per heavy atom. The van der Waals surface area contributed by atoms with Crippen molar-refractivity contribution >= 4 is 0 Å². The molecule has 1 spiro atoms. The zero-order valence-electron chi connectivity index (χ0n) is 12.1. The molecule has 0 radical (unpaired) electrons. The summed E-state index contributed by atoms with van der Waals surface area (Å²) >= 11 is 0. The maximum Gasteiger partial charge on any atom is 0.0685 e. The zero-order valence-corrected chi connectivity index (χ0v) is 12.1. The molecule has 104 valence electrons. The zero-order chi connectivity index (χ0) is 12.6. The molecule has 0 amide bonds. The van der Waals surface area contributed by atoms with Crippen LogP contribution in [0.2, 0.25) is 0 Å².